The van der Waals surface area contributed by atoms with Crippen LogP contribution in [0, 0.1) is 10.1 Å². The summed E-state index contributed by atoms with van der Waals surface area (Å²) in [4.78, 5) is 22.2. The maximum atomic E-state index is 12.2. The molecule has 25 heavy (non-hydrogen) atoms. The number of nitro benzene ring substituents is 1. The van der Waals surface area contributed by atoms with Crippen LogP contribution in [0.4, 0.5) is 5.69 Å². The molecule has 0 saturated heterocycles. The smallest absolute Gasteiger partial charge is 0.269 e. The van der Waals surface area contributed by atoms with Gasteiger partial charge in [-0.3, -0.25) is 14.9 Å². The number of amides is 1. The molecule has 8 heteroatoms. The van der Waals surface area contributed by atoms with E-state index in [-0.39, 0.29) is 24.6 Å². The Morgan fingerprint density at radius 3 is 2.60 bits per heavy atom. The van der Waals surface area contributed by atoms with Crippen LogP contribution in [0.15, 0.2) is 42.5 Å². The Balaban J connectivity index is 1.67. The quantitative estimate of drug-likeness (QED) is 0.633. The van der Waals surface area contributed by atoms with Crippen LogP contribution in [0.2, 0.25) is 0 Å². The Bertz CT molecular complexity index is 816. The van der Waals surface area contributed by atoms with Crippen LogP contribution in [0.5, 0.6) is 11.5 Å². The number of hydrogen-bond donors (Lipinski definition) is 2. The fourth-order valence-electron chi connectivity index (χ4n) is 2.42. The largest absolute Gasteiger partial charge is 0.454 e. The molecule has 1 aliphatic heterocycles. The lowest BCUT2D eigenvalue weighted by molar-refractivity contribution is -0.384. The molecule has 1 heterocycles. The van der Waals surface area contributed by atoms with Crippen molar-refractivity contribution in [1.82, 2.24) is 5.32 Å². The van der Waals surface area contributed by atoms with Gasteiger partial charge < -0.3 is 19.9 Å². The number of carbonyl (C=O) groups excluding carboxylic acids is 1. The zero-order valence-corrected chi connectivity index (χ0v) is 13.4. The Hall–Kier alpha value is -3.13. The molecule has 0 bridgehead atoms. The van der Waals surface area contributed by atoms with Crippen LogP contribution in [0.3, 0.4) is 0 Å². The highest BCUT2D eigenvalue weighted by atomic mass is 16.7. The van der Waals surface area contributed by atoms with E-state index < -0.39 is 16.4 Å². The van der Waals surface area contributed by atoms with Gasteiger partial charge in [0.2, 0.25) is 6.79 Å². The number of carbonyl (C=O) groups is 1. The van der Waals surface area contributed by atoms with E-state index in [1.807, 2.05) is 0 Å². The molecule has 0 saturated carbocycles. The number of hydrogen-bond acceptors (Lipinski definition) is 6. The first-order valence-electron chi connectivity index (χ1n) is 7.52. The molecule has 2 aromatic rings. The van der Waals surface area contributed by atoms with Gasteiger partial charge in [0.15, 0.2) is 11.5 Å². The van der Waals surface area contributed by atoms with Crippen molar-refractivity contribution in [2.24, 2.45) is 0 Å². The molecule has 0 spiro atoms. The molecule has 0 aromatic heterocycles. The van der Waals surface area contributed by atoms with Gasteiger partial charge in [-0.25, -0.2) is 0 Å². The van der Waals surface area contributed by atoms with Crippen LogP contribution < -0.4 is 14.8 Å². The van der Waals surface area contributed by atoms with Gasteiger partial charge in [-0.2, -0.15) is 0 Å². The lowest BCUT2D eigenvalue weighted by atomic mass is 9.95. The van der Waals surface area contributed by atoms with Gasteiger partial charge in [-0.05, 0) is 36.8 Å². The second-order valence-electron chi connectivity index (χ2n) is 5.83. The number of aliphatic hydroxyl groups is 1. The number of benzene rings is 2. The average Bonchev–Trinajstić information content (AvgIpc) is 3.07. The number of non-ortho nitro benzene ring substituents is 1. The van der Waals surface area contributed by atoms with E-state index >= 15 is 0 Å². The highest BCUT2D eigenvalue weighted by molar-refractivity contribution is 5.94. The SMILES string of the molecule is CC(O)(CNC(=O)c1ccc([N+](=O)[O-])cc1)c1ccc2c(c1)OCO2. The molecule has 1 atom stereocenters. The lowest BCUT2D eigenvalue weighted by Gasteiger charge is -2.24. The van der Waals surface area contributed by atoms with Crippen molar-refractivity contribution in [1.29, 1.82) is 0 Å². The summed E-state index contributed by atoms with van der Waals surface area (Å²) in [5, 5.41) is 23.9. The number of nitrogens with zero attached hydrogens (tertiary/aromatic N) is 1. The molecule has 3 rings (SSSR count). The minimum atomic E-state index is -1.32. The second-order valence-corrected chi connectivity index (χ2v) is 5.83. The van der Waals surface area contributed by atoms with Gasteiger partial charge in [0, 0.05) is 17.7 Å². The van der Waals surface area contributed by atoms with Crippen molar-refractivity contribution in [3.63, 3.8) is 0 Å². The average molecular weight is 344 g/mol. The third-order valence-corrected chi connectivity index (χ3v) is 3.93. The molecule has 130 valence electrons. The first-order chi connectivity index (χ1) is 11.9. The van der Waals surface area contributed by atoms with Crippen molar-refractivity contribution in [2.75, 3.05) is 13.3 Å². The summed E-state index contributed by atoms with van der Waals surface area (Å²) in [6.07, 6.45) is 0. The maximum Gasteiger partial charge on any atom is 0.269 e. The summed E-state index contributed by atoms with van der Waals surface area (Å²) in [5.74, 6) is 0.713. The number of fused-ring (bicyclic) bond motifs is 1. The predicted molar refractivity (Wildman–Crippen MR) is 87.6 cm³/mol. The fraction of sp³-hybridized carbons (Fsp3) is 0.235. The number of rotatable bonds is 5. The zero-order valence-electron chi connectivity index (χ0n) is 13.4. The van der Waals surface area contributed by atoms with Gasteiger partial charge in [-0.15, -0.1) is 0 Å². The van der Waals surface area contributed by atoms with Crippen molar-refractivity contribution < 1.29 is 24.3 Å². The van der Waals surface area contributed by atoms with Gasteiger partial charge in [0.05, 0.1) is 11.5 Å². The third kappa shape index (κ3) is 3.53. The van der Waals surface area contributed by atoms with Crippen molar-refractivity contribution in [3.05, 3.63) is 63.7 Å². The number of ether oxygens (including phenoxy) is 2. The van der Waals surface area contributed by atoms with Gasteiger partial charge >= 0.3 is 0 Å². The molecule has 0 radical (unpaired) electrons. The van der Waals surface area contributed by atoms with E-state index in [0.717, 1.165) is 0 Å². The maximum absolute atomic E-state index is 12.2. The van der Waals surface area contributed by atoms with Crippen molar-refractivity contribution in [2.45, 2.75) is 12.5 Å². The first-order valence-corrected chi connectivity index (χ1v) is 7.52. The Kier molecular flexibility index (Phi) is 4.28. The zero-order chi connectivity index (χ0) is 18.0. The van der Waals surface area contributed by atoms with Crippen molar-refractivity contribution >= 4 is 11.6 Å². The molecule has 2 aromatic carbocycles. The molecule has 0 fully saturated rings. The summed E-state index contributed by atoms with van der Waals surface area (Å²) >= 11 is 0. The van der Waals surface area contributed by atoms with E-state index in [0.29, 0.717) is 17.1 Å². The topological polar surface area (TPSA) is 111 Å². The summed E-state index contributed by atoms with van der Waals surface area (Å²) in [6, 6.07) is 10.3. The van der Waals surface area contributed by atoms with Crippen LogP contribution in [0.1, 0.15) is 22.8 Å². The van der Waals surface area contributed by atoms with Crippen LogP contribution >= 0.6 is 0 Å². The molecule has 1 aliphatic rings. The summed E-state index contributed by atoms with van der Waals surface area (Å²) in [6.45, 7) is 1.67. The van der Waals surface area contributed by atoms with Gasteiger partial charge in [0.25, 0.3) is 11.6 Å². The van der Waals surface area contributed by atoms with Gasteiger partial charge in [-0.1, -0.05) is 6.07 Å². The lowest BCUT2D eigenvalue weighted by Crippen LogP contribution is -2.38. The molecule has 8 nitrogen and oxygen atoms in total. The van der Waals surface area contributed by atoms with Crippen LogP contribution in [-0.4, -0.2) is 29.3 Å². The predicted octanol–water partition coefficient (Wildman–Crippen LogP) is 1.96. The Labute approximate surface area is 143 Å². The van der Waals surface area contributed by atoms with E-state index in [2.05, 4.69) is 5.32 Å². The number of nitro groups is 1. The minimum absolute atomic E-state index is 0.0392. The normalized spacial score (nSPS) is 14.6. The minimum Gasteiger partial charge on any atom is -0.454 e. The molecule has 1 amide bonds. The van der Waals surface area contributed by atoms with E-state index in [1.54, 1.807) is 25.1 Å². The van der Waals surface area contributed by atoms with Crippen LogP contribution in [0.25, 0.3) is 0 Å². The first kappa shape index (κ1) is 16.7. The van der Waals surface area contributed by atoms with E-state index in [9.17, 15) is 20.0 Å². The molecular formula is C17H16N2O6. The molecule has 0 aliphatic carbocycles. The molecular weight excluding hydrogens is 328 g/mol. The summed E-state index contributed by atoms with van der Waals surface area (Å²) in [7, 11) is 0. The summed E-state index contributed by atoms with van der Waals surface area (Å²) < 4.78 is 10.5. The molecule has 2 N–H and O–H groups in total. The van der Waals surface area contributed by atoms with Crippen LogP contribution in [-0.2, 0) is 5.60 Å². The highest BCUT2D eigenvalue weighted by Crippen LogP contribution is 2.35. The van der Waals surface area contributed by atoms with Gasteiger partial charge in [0.1, 0.15) is 5.60 Å². The second kappa shape index (κ2) is 6.40. The Morgan fingerprint density at radius 1 is 1.24 bits per heavy atom. The van der Waals surface area contributed by atoms with Crippen molar-refractivity contribution in [3.8, 4) is 11.5 Å². The van der Waals surface area contributed by atoms with E-state index in [1.165, 1.54) is 24.3 Å². The fourth-order valence-corrected chi connectivity index (χ4v) is 2.42. The third-order valence-electron chi connectivity index (χ3n) is 3.93. The monoisotopic (exact) mass is 344 g/mol. The molecule has 1 unspecified atom stereocenters. The van der Waals surface area contributed by atoms with E-state index in [4.69, 9.17) is 9.47 Å². The number of nitrogens with one attached hydrogen (secondary N) is 1. The standard InChI is InChI=1S/C17H16N2O6/c1-17(21,12-4-7-14-15(8-12)25-10-24-14)9-18-16(20)11-2-5-13(6-3-11)19(22)23/h2-8,21H,9-10H2,1H3,(H,18,20). The highest BCUT2D eigenvalue weighted by Gasteiger charge is 2.27. The Morgan fingerprint density at radius 2 is 1.92 bits per heavy atom. The summed E-state index contributed by atoms with van der Waals surface area (Å²) in [5.41, 5.74) is -0.575.